The third-order valence-corrected chi connectivity index (χ3v) is 6.28. The van der Waals surface area contributed by atoms with E-state index < -0.39 is 5.97 Å². The maximum atomic E-state index is 12.0. The zero-order chi connectivity index (χ0) is 19.9. The average Bonchev–Trinajstić information content (AvgIpc) is 3.23. The van der Waals surface area contributed by atoms with E-state index >= 15 is 0 Å². The maximum Gasteiger partial charge on any atom is 0.315 e. The Morgan fingerprint density at radius 1 is 1.25 bits per heavy atom. The van der Waals surface area contributed by atoms with Crippen LogP contribution in [0.4, 0.5) is 10.5 Å². The molecule has 2 heterocycles. The van der Waals surface area contributed by atoms with Crippen molar-refractivity contribution in [2.75, 3.05) is 12.4 Å². The molecule has 28 heavy (non-hydrogen) atoms. The standard InChI is InChI=1S/C18H21N5O4S/c19-23-22-12-7-5-11(6-8-12)14(24)9-27-16(25)4-2-1-3-15-17-13(10-28-15)20-18(26)21-17/h5-8,13,15,17H,1-4,9-10H2,(H2,20,21,26)/t13-,15?,17-/m0/s1. The Morgan fingerprint density at radius 2 is 2.04 bits per heavy atom. The summed E-state index contributed by atoms with van der Waals surface area (Å²) in [6.45, 7) is -0.306. The van der Waals surface area contributed by atoms with Crippen LogP contribution in [0.1, 0.15) is 36.0 Å². The third kappa shape index (κ3) is 5.17. The van der Waals surface area contributed by atoms with Gasteiger partial charge >= 0.3 is 12.0 Å². The largest absolute Gasteiger partial charge is 0.457 e. The van der Waals surface area contributed by atoms with Crippen molar-refractivity contribution in [2.24, 2.45) is 5.11 Å². The fourth-order valence-electron chi connectivity index (χ4n) is 3.33. The van der Waals surface area contributed by atoms with Gasteiger partial charge in [0.1, 0.15) is 0 Å². The van der Waals surface area contributed by atoms with E-state index in [1.165, 1.54) is 24.3 Å². The summed E-state index contributed by atoms with van der Waals surface area (Å²) in [6, 6.07) is 6.41. The van der Waals surface area contributed by atoms with Gasteiger partial charge in [0.2, 0.25) is 0 Å². The molecular weight excluding hydrogens is 382 g/mol. The number of rotatable bonds is 9. The molecule has 3 atom stereocenters. The van der Waals surface area contributed by atoms with Crippen LogP contribution in [0.2, 0.25) is 0 Å². The van der Waals surface area contributed by atoms with Crippen molar-refractivity contribution < 1.29 is 19.1 Å². The van der Waals surface area contributed by atoms with Gasteiger partial charge in [0.05, 0.1) is 12.1 Å². The summed E-state index contributed by atoms with van der Waals surface area (Å²) in [5, 5.41) is 9.66. The first-order valence-electron chi connectivity index (χ1n) is 9.09. The van der Waals surface area contributed by atoms with Gasteiger partial charge in [-0.2, -0.15) is 11.8 Å². The number of carbonyl (C=O) groups excluding carboxylic acids is 3. The summed E-state index contributed by atoms with van der Waals surface area (Å²) in [5.41, 5.74) is 9.16. The van der Waals surface area contributed by atoms with Crippen LogP contribution in [0.15, 0.2) is 29.4 Å². The summed E-state index contributed by atoms with van der Waals surface area (Å²) in [7, 11) is 0. The second-order valence-electron chi connectivity index (χ2n) is 6.69. The number of Topliss-reactive ketones (excluding diaryl/α,β-unsaturated/α-hetero) is 1. The normalized spacial score (nSPS) is 22.6. The molecule has 2 amide bonds. The number of nitrogens with one attached hydrogen (secondary N) is 2. The number of amides is 2. The minimum absolute atomic E-state index is 0.0963. The number of ketones is 1. The van der Waals surface area contributed by atoms with Crippen LogP contribution in [-0.4, -0.2) is 47.5 Å². The molecular formula is C18H21N5O4S. The lowest BCUT2D eigenvalue weighted by Crippen LogP contribution is -2.36. The molecule has 10 heteroatoms. The number of hydrogen-bond acceptors (Lipinski definition) is 6. The molecule has 148 valence electrons. The third-order valence-electron chi connectivity index (χ3n) is 4.77. The van der Waals surface area contributed by atoms with Crippen LogP contribution in [0.25, 0.3) is 10.4 Å². The quantitative estimate of drug-likeness (QED) is 0.124. The van der Waals surface area contributed by atoms with Gasteiger partial charge in [-0.15, -0.1) is 0 Å². The van der Waals surface area contributed by atoms with E-state index in [4.69, 9.17) is 10.3 Å². The predicted molar refractivity (Wildman–Crippen MR) is 104 cm³/mol. The number of unbranched alkanes of at least 4 members (excludes halogenated alkanes) is 1. The monoisotopic (exact) mass is 403 g/mol. The van der Waals surface area contributed by atoms with Crippen molar-refractivity contribution in [1.29, 1.82) is 0 Å². The molecule has 9 nitrogen and oxygen atoms in total. The fourth-order valence-corrected chi connectivity index (χ4v) is 4.87. The van der Waals surface area contributed by atoms with Crippen molar-refractivity contribution in [1.82, 2.24) is 10.6 Å². The predicted octanol–water partition coefficient (Wildman–Crippen LogP) is 3.08. The lowest BCUT2D eigenvalue weighted by molar-refractivity contribution is -0.142. The Balaban J connectivity index is 1.32. The van der Waals surface area contributed by atoms with Gasteiger partial charge in [-0.05, 0) is 18.4 Å². The highest BCUT2D eigenvalue weighted by molar-refractivity contribution is 8.00. The van der Waals surface area contributed by atoms with Crippen molar-refractivity contribution in [2.45, 2.75) is 43.0 Å². The Hall–Kier alpha value is -2.71. The maximum absolute atomic E-state index is 12.0. The van der Waals surface area contributed by atoms with E-state index in [2.05, 4.69) is 20.7 Å². The molecule has 2 aliphatic heterocycles. The zero-order valence-electron chi connectivity index (χ0n) is 15.2. The minimum Gasteiger partial charge on any atom is -0.457 e. The Morgan fingerprint density at radius 3 is 2.79 bits per heavy atom. The summed E-state index contributed by atoms with van der Waals surface area (Å²) >= 11 is 1.85. The lowest BCUT2D eigenvalue weighted by atomic mass is 10.0. The van der Waals surface area contributed by atoms with E-state index in [-0.39, 0.29) is 36.9 Å². The van der Waals surface area contributed by atoms with E-state index in [9.17, 15) is 14.4 Å². The van der Waals surface area contributed by atoms with Gasteiger partial charge in [-0.25, -0.2) is 4.79 Å². The zero-order valence-corrected chi connectivity index (χ0v) is 16.0. The second kappa shape index (κ2) is 9.48. The van der Waals surface area contributed by atoms with Crippen LogP contribution < -0.4 is 10.6 Å². The molecule has 3 rings (SSSR count). The Labute approximate surface area is 166 Å². The molecule has 2 aliphatic rings. The molecule has 1 aromatic rings. The summed E-state index contributed by atoms with van der Waals surface area (Å²) < 4.78 is 5.05. The minimum atomic E-state index is -0.396. The topological polar surface area (TPSA) is 133 Å². The highest BCUT2D eigenvalue weighted by atomic mass is 32.2. The Bertz CT molecular complexity index is 794. The molecule has 0 aromatic heterocycles. The number of ether oxygens (including phenoxy) is 1. The summed E-state index contributed by atoms with van der Waals surface area (Å²) in [5.74, 6) is 0.216. The van der Waals surface area contributed by atoms with E-state index in [1.54, 1.807) is 0 Å². The Kier molecular flexibility index (Phi) is 6.78. The molecule has 2 fully saturated rings. The average molecular weight is 403 g/mol. The van der Waals surface area contributed by atoms with E-state index in [1.807, 2.05) is 11.8 Å². The first kappa shape index (κ1) is 20.0. The summed E-state index contributed by atoms with van der Waals surface area (Å²) in [4.78, 5) is 37.9. The van der Waals surface area contributed by atoms with Crippen LogP contribution in [0.3, 0.4) is 0 Å². The van der Waals surface area contributed by atoms with Crippen molar-refractivity contribution in [3.8, 4) is 0 Å². The van der Waals surface area contributed by atoms with Crippen molar-refractivity contribution >= 4 is 35.2 Å². The van der Waals surface area contributed by atoms with Gasteiger partial charge in [0.15, 0.2) is 12.4 Å². The number of hydrogen-bond donors (Lipinski definition) is 2. The molecule has 0 aliphatic carbocycles. The molecule has 1 aromatic carbocycles. The number of nitrogens with zero attached hydrogens (tertiary/aromatic N) is 3. The second-order valence-corrected chi connectivity index (χ2v) is 7.96. The van der Waals surface area contributed by atoms with Crippen LogP contribution >= 0.6 is 11.8 Å². The number of benzene rings is 1. The van der Waals surface area contributed by atoms with Crippen molar-refractivity contribution in [3.63, 3.8) is 0 Å². The molecule has 0 saturated carbocycles. The highest BCUT2D eigenvalue weighted by Gasteiger charge is 2.42. The van der Waals surface area contributed by atoms with Gasteiger partial charge in [-0.3, -0.25) is 9.59 Å². The van der Waals surface area contributed by atoms with E-state index in [0.717, 1.165) is 18.6 Å². The molecule has 0 radical (unpaired) electrons. The van der Waals surface area contributed by atoms with E-state index in [0.29, 0.717) is 22.9 Å². The SMILES string of the molecule is [N-]=[N+]=Nc1ccc(C(=O)COC(=O)CCCCC2SC[C@@H]3NC(=O)N[C@H]23)cc1. The highest BCUT2D eigenvalue weighted by Crippen LogP contribution is 2.33. The number of azide groups is 1. The first-order chi connectivity index (χ1) is 13.6. The van der Waals surface area contributed by atoms with Gasteiger partial charge in [0, 0.05) is 33.6 Å². The van der Waals surface area contributed by atoms with Crippen LogP contribution in [-0.2, 0) is 9.53 Å². The smallest absolute Gasteiger partial charge is 0.315 e. The van der Waals surface area contributed by atoms with Crippen LogP contribution in [0, 0.1) is 0 Å². The van der Waals surface area contributed by atoms with Gasteiger partial charge in [-0.1, -0.05) is 35.8 Å². The van der Waals surface area contributed by atoms with Crippen molar-refractivity contribution in [3.05, 3.63) is 40.3 Å². The molecule has 2 N–H and O–H groups in total. The molecule has 1 unspecified atom stereocenters. The van der Waals surface area contributed by atoms with Crippen LogP contribution in [0.5, 0.6) is 0 Å². The number of thioether (sulfide) groups is 1. The number of esters is 1. The molecule has 2 saturated heterocycles. The number of carbonyl (C=O) groups is 3. The van der Waals surface area contributed by atoms with Gasteiger partial charge in [0.25, 0.3) is 0 Å². The number of fused-ring (bicyclic) bond motifs is 1. The summed E-state index contributed by atoms with van der Waals surface area (Å²) in [6.07, 6.45) is 2.74. The molecule has 0 spiro atoms. The molecule has 0 bridgehead atoms. The first-order valence-corrected chi connectivity index (χ1v) is 10.1. The lowest BCUT2D eigenvalue weighted by Gasteiger charge is -2.16. The fraction of sp³-hybridized carbons (Fsp3) is 0.500. The number of urea groups is 1. The van der Waals surface area contributed by atoms with Gasteiger partial charge < -0.3 is 15.4 Å².